The second kappa shape index (κ2) is 7.66. The van der Waals surface area contributed by atoms with Crippen LogP contribution in [0.5, 0.6) is 0 Å². The van der Waals surface area contributed by atoms with Crippen molar-refractivity contribution in [1.82, 2.24) is 5.32 Å². The fourth-order valence-corrected chi connectivity index (χ4v) is 2.67. The second-order valence-corrected chi connectivity index (χ2v) is 5.93. The van der Waals surface area contributed by atoms with Crippen molar-refractivity contribution in [2.45, 2.75) is 25.8 Å². The van der Waals surface area contributed by atoms with E-state index in [1.54, 1.807) is 6.07 Å². The van der Waals surface area contributed by atoms with Gasteiger partial charge < -0.3 is 5.32 Å². The van der Waals surface area contributed by atoms with Gasteiger partial charge in [0.15, 0.2) is 11.6 Å². The standard InChI is InChI=1S/C17H18BrF2N/c1-2-8-21-17(13-4-3-5-14(18)11-13)10-12-6-7-15(19)16(20)9-12/h3-7,9,11,17,21H,2,8,10H2,1H3. The Morgan fingerprint density at radius 2 is 1.90 bits per heavy atom. The second-order valence-electron chi connectivity index (χ2n) is 5.01. The Bertz CT molecular complexity index is 601. The molecule has 0 aliphatic rings. The summed E-state index contributed by atoms with van der Waals surface area (Å²) >= 11 is 3.47. The molecule has 0 aliphatic heterocycles. The maximum atomic E-state index is 13.3. The first-order valence-electron chi connectivity index (χ1n) is 7.03. The molecule has 2 aromatic carbocycles. The van der Waals surface area contributed by atoms with E-state index >= 15 is 0 Å². The molecule has 1 nitrogen and oxygen atoms in total. The van der Waals surface area contributed by atoms with Crippen molar-refractivity contribution in [3.05, 3.63) is 69.7 Å². The maximum absolute atomic E-state index is 13.3. The van der Waals surface area contributed by atoms with Gasteiger partial charge in [-0.15, -0.1) is 0 Å². The van der Waals surface area contributed by atoms with Crippen LogP contribution >= 0.6 is 15.9 Å². The molecule has 0 aromatic heterocycles. The van der Waals surface area contributed by atoms with E-state index in [-0.39, 0.29) is 6.04 Å². The minimum Gasteiger partial charge on any atom is -0.310 e. The highest BCUT2D eigenvalue weighted by Crippen LogP contribution is 2.22. The topological polar surface area (TPSA) is 12.0 Å². The van der Waals surface area contributed by atoms with Gasteiger partial charge in [-0.3, -0.25) is 0 Å². The van der Waals surface area contributed by atoms with Crippen molar-refractivity contribution in [1.29, 1.82) is 0 Å². The molecule has 0 fully saturated rings. The highest BCUT2D eigenvalue weighted by molar-refractivity contribution is 9.10. The smallest absolute Gasteiger partial charge is 0.159 e. The summed E-state index contributed by atoms with van der Waals surface area (Å²) in [4.78, 5) is 0. The summed E-state index contributed by atoms with van der Waals surface area (Å²) in [6.45, 7) is 2.98. The predicted molar refractivity (Wildman–Crippen MR) is 85.2 cm³/mol. The molecule has 0 amide bonds. The van der Waals surface area contributed by atoms with Crippen LogP contribution in [-0.2, 0) is 6.42 Å². The molecule has 0 bridgehead atoms. The molecule has 0 saturated heterocycles. The lowest BCUT2D eigenvalue weighted by Gasteiger charge is -2.19. The Labute approximate surface area is 132 Å². The molecule has 1 unspecified atom stereocenters. The van der Waals surface area contributed by atoms with E-state index in [1.165, 1.54) is 12.1 Å². The van der Waals surface area contributed by atoms with Crippen molar-refractivity contribution in [3.8, 4) is 0 Å². The van der Waals surface area contributed by atoms with Crippen LogP contribution in [0.15, 0.2) is 46.9 Å². The van der Waals surface area contributed by atoms with E-state index in [2.05, 4.69) is 28.2 Å². The molecular formula is C17H18BrF2N. The van der Waals surface area contributed by atoms with Gasteiger partial charge in [0.05, 0.1) is 0 Å². The predicted octanol–water partition coefficient (Wildman–Crippen LogP) is 5.01. The normalized spacial score (nSPS) is 12.4. The largest absolute Gasteiger partial charge is 0.310 e. The van der Waals surface area contributed by atoms with Crippen molar-refractivity contribution >= 4 is 15.9 Å². The van der Waals surface area contributed by atoms with Crippen molar-refractivity contribution in [2.24, 2.45) is 0 Å². The van der Waals surface area contributed by atoms with Crippen LogP contribution in [0, 0.1) is 11.6 Å². The SMILES string of the molecule is CCCNC(Cc1ccc(F)c(F)c1)c1cccc(Br)c1. The Hall–Kier alpha value is -1.26. The molecule has 1 atom stereocenters. The summed E-state index contributed by atoms with van der Waals surface area (Å²) in [6.07, 6.45) is 1.63. The van der Waals surface area contributed by atoms with E-state index in [0.29, 0.717) is 6.42 Å². The third-order valence-electron chi connectivity index (χ3n) is 3.32. The highest BCUT2D eigenvalue weighted by Gasteiger charge is 2.13. The average molecular weight is 354 g/mol. The Balaban J connectivity index is 2.21. The number of benzene rings is 2. The van der Waals surface area contributed by atoms with Crippen LogP contribution in [0.1, 0.15) is 30.5 Å². The van der Waals surface area contributed by atoms with Gasteiger partial charge in [0.1, 0.15) is 0 Å². The van der Waals surface area contributed by atoms with Crippen molar-refractivity contribution < 1.29 is 8.78 Å². The number of hydrogen-bond donors (Lipinski definition) is 1. The quantitative estimate of drug-likeness (QED) is 0.769. The van der Waals surface area contributed by atoms with Gasteiger partial charge in [-0.2, -0.15) is 0 Å². The zero-order chi connectivity index (χ0) is 15.2. The lowest BCUT2D eigenvalue weighted by Crippen LogP contribution is -2.24. The molecule has 21 heavy (non-hydrogen) atoms. The zero-order valence-corrected chi connectivity index (χ0v) is 13.5. The van der Waals surface area contributed by atoms with Crippen molar-refractivity contribution in [2.75, 3.05) is 6.54 Å². The van der Waals surface area contributed by atoms with Gasteiger partial charge in [0.25, 0.3) is 0 Å². The summed E-state index contributed by atoms with van der Waals surface area (Å²) in [7, 11) is 0. The summed E-state index contributed by atoms with van der Waals surface area (Å²) in [5, 5.41) is 3.46. The minimum atomic E-state index is -0.806. The third kappa shape index (κ3) is 4.61. The number of rotatable bonds is 6. The summed E-state index contributed by atoms with van der Waals surface area (Å²) in [6, 6.07) is 12.2. The first-order valence-corrected chi connectivity index (χ1v) is 7.82. The van der Waals surface area contributed by atoms with Gasteiger partial charge >= 0.3 is 0 Å². The van der Waals surface area contributed by atoms with Gasteiger partial charge in [-0.25, -0.2) is 8.78 Å². The summed E-state index contributed by atoms with van der Waals surface area (Å²) in [5.41, 5.74) is 1.91. The van der Waals surface area contributed by atoms with E-state index in [4.69, 9.17) is 0 Å². The fourth-order valence-electron chi connectivity index (χ4n) is 2.25. The molecule has 112 valence electrons. The monoisotopic (exact) mass is 353 g/mol. The first-order chi connectivity index (χ1) is 10.1. The van der Waals surface area contributed by atoms with Crippen LogP contribution in [-0.4, -0.2) is 6.54 Å². The molecule has 0 radical (unpaired) electrons. The highest BCUT2D eigenvalue weighted by atomic mass is 79.9. The fraction of sp³-hybridized carbons (Fsp3) is 0.294. The molecule has 0 aliphatic carbocycles. The summed E-state index contributed by atoms with van der Waals surface area (Å²) in [5.74, 6) is -1.60. The molecule has 0 spiro atoms. The van der Waals surface area contributed by atoms with E-state index in [9.17, 15) is 8.78 Å². The number of nitrogens with one attached hydrogen (secondary N) is 1. The van der Waals surface area contributed by atoms with Crippen LogP contribution in [0.25, 0.3) is 0 Å². The summed E-state index contributed by atoms with van der Waals surface area (Å²) < 4.78 is 27.4. The number of hydrogen-bond acceptors (Lipinski definition) is 1. The molecular weight excluding hydrogens is 336 g/mol. The van der Waals surface area contributed by atoms with Crippen LogP contribution in [0.2, 0.25) is 0 Å². The van der Waals surface area contributed by atoms with Gasteiger partial charge in [-0.1, -0.05) is 41.1 Å². The average Bonchev–Trinajstić information content (AvgIpc) is 2.47. The molecule has 0 heterocycles. The molecule has 2 rings (SSSR count). The van der Waals surface area contributed by atoms with E-state index in [0.717, 1.165) is 28.6 Å². The van der Waals surface area contributed by atoms with E-state index in [1.807, 2.05) is 24.3 Å². The van der Waals surface area contributed by atoms with Crippen LogP contribution < -0.4 is 5.32 Å². The lowest BCUT2D eigenvalue weighted by molar-refractivity contribution is 0.500. The molecule has 0 saturated carbocycles. The Kier molecular flexibility index (Phi) is 5.88. The Morgan fingerprint density at radius 3 is 2.57 bits per heavy atom. The zero-order valence-electron chi connectivity index (χ0n) is 11.9. The lowest BCUT2D eigenvalue weighted by atomic mass is 9.98. The van der Waals surface area contributed by atoms with Gasteiger partial charge in [-0.05, 0) is 54.8 Å². The van der Waals surface area contributed by atoms with Crippen LogP contribution in [0.3, 0.4) is 0 Å². The Morgan fingerprint density at radius 1 is 1.10 bits per heavy atom. The van der Waals surface area contributed by atoms with Crippen molar-refractivity contribution in [3.63, 3.8) is 0 Å². The van der Waals surface area contributed by atoms with Gasteiger partial charge in [0, 0.05) is 10.5 Å². The third-order valence-corrected chi connectivity index (χ3v) is 3.81. The van der Waals surface area contributed by atoms with Crippen LogP contribution in [0.4, 0.5) is 8.78 Å². The minimum absolute atomic E-state index is 0.0762. The van der Waals surface area contributed by atoms with E-state index < -0.39 is 11.6 Å². The maximum Gasteiger partial charge on any atom is 0.159 e. The molecule has 2 aromatic rings. The molecule has 4 heteroatoms. The molecule has 1 N–H and O–H groups in total. The first kappa shape index (κ1) is 16.1. The van der Waals surface area contributed by atoms with Gasteiger partial charge in [0.2, 0.25) is 0 Å². The number of halogens is 3.